The molecule has 2 heterocycles. The number of benzene rings is 4. The van der Waals surface area contributed by atoms with Crippen LogP contribution in [0.15, 0.2) is 82.6 Å². The summed E-state index contributed by atoms with van der Waals surface area (Å²) in [4.78, 5) is 118. The molecule has 0 saturated carbocycles. The van der Waals surface area contributed by atoms with Crippen molar-refractivity contribution < 1.29 is 84.7 Å². The number of carbonyl (C=O) groups is 8. The summed E-state index contributed by atoms with van der Waals surface area (Å²) >= 11 is 0. The second-order valence-electron chi connectivity index (χ2n) is 37.3. The molecule has 2 aliphatic heterocycles. The van der Waals surface area contributed by atoms with Gasteiger partial charge in [-0.1, -0.05) is 370 Å². The Morgan fingerprint density at radius 2 is 0.820 bits per heavy atom. The molecule has 3 amide bonds. The fourth-order valence-corrected chi connectivity index (χ4v) is 21.5. The molecule has 9 unspecified atom stereocenters. The Morgan fingerprint density at radius 1 is 0.453 bits per heavy atom. The molecule has 0 spiro atoms. The molecule has 2 saturated heterocycles. The lowest BCUT2D eigenvalue weighted by molar-refractivity contribution is -0.154. The van der Waals surface area contributed by atoms with Crippen LogP contribution in [0.25, 0.3) is 0 Å². The van der Waals surface area contributed by atoms with Gasteiger partial charge in [0.1, 0.15) is 32.8 Å². The molecule has 22 nitrogen and oxygen atoms in total. The number of hydrogen-bond donors (Lipinski definition) is 6. The number of methoxy groups -OCH3 is 2. The number of nitrogens with one attached hydrogen (secondary N) is 3. The third-order valence-electron chi connectivity index (χ3n) is 26.9. The number of hydrogen-bond acceptors (Lipinski definition) is 17. The average Bonchev–Trinajstić information content (AvgIpc) is 1.60. The van der Waals surface area contributed by atoms with Gasteiger partial charge in [-0.2, -0.15) is 0 Å². The summed E-state index contributed by atoms with van der Waals surface area (Å²) in [6.07, 6.45) is 48.1. The predicted octanol–water partition coefficient (Wildman–Crippen LogP) is 23.3. The minimum Gasteiger partial charge on any atom is -0.507 e. The molecule has 2 aliphatic rings. The number of carboxylic acid groups (broad SMARTS) is 1. The van der Waals surface area contributed by atoms with Crippen molar-refractivity contribution in [3.8, 4) is 23.0 Å². The highest BCUT2D eigenvalue weighted by Gasteiger charge is 2.54. The summed E-state index contributed by atoms with van der Waals surface area (Å²) < 4.78 is 78.8. The molecule has 24 heteroatoms. The van der Waals surface area contributed by atoms with Crippen molar-refractivity contribution in [1.82, 2.24) is 19.7 Å². The number of sulfonamides is 2. The van der Waals surface area contributed by atoms with Gasteiger partial charge in [-0.25, -0.2) is 26.3 Å². The van der Waals surface area contributed by atoms with Gasteiger partial charge in [-0.15, -0.1) is 0 Å². The maximum Gasteiger partial charge on any atom is 0.317 e. The van der Waals surface area contributed by atoms with Crippen LogP contribution in [0.5, 0.6) is 23.0 Å². The largest absolute Gasteiger partial charge is 0.507 e. The number of aryl methyl sites for hydroxylation is 2. The van der Waals surface area contributed by atoms with E-state index in [1.54, 1.807) is 55.5 Å². The predicted molar refractivity (Wildman–Crippen MR) is 508 cm³/mol. The molecule has 4 aromatic rings. The molecule has 718 valence electrons. The van der Waals surface area contributed by atoms with Crippen molar-refractivity contribution in [2.24, 2.45) is 53.3 Å². The molecule has 0 bridgehead atoms. The van der Waals surface area contributed by atoms with Crippen LogP contribution in [0.4, 0.5) is 0 Å². The molecule has 128 heavy (non-hydrogen) atoms. The highest BCUT2D eigenvalue weighted by molar-refractivity contribution is 7.90. The lowest BCUT2D eigenvalue weighted by Crippen LogP contribution is -2.44. The summed E-state index contributed by atoms with van der Waals surface area (Å²) in [5, 5.41) is 37.3. The molecule has 0 aliphatic carbocycles. The molecule has 0 radical (unpaired) electrons. The van der Waals surface area contributed by atoms with Crippen LogP contribution in [0.3, 0.4) is 0 Å². The zero-order valence-electron chi connectivity index (χ0n) is 79.5. The Morgan fingerprint density at radius 3 is 1.19 bits per heavy atom. The summed E-state index contributed by atoms with van der Waals surface area (Å²) in [5.74, 6) is -15.7. The molecule has 4 aromatic carbocycles. The van der Waals surface area contributed by atoms with E-state index in [0.717, 1.165) is 143 Å². The number of phenols is 2. The van der Waals surface area contributed by atoms with E-state index >= 15 is 14.4 Å². The minimum atomic E-state index is -4.55. The first-order valence-electron chi connectivity index (χ1n) is 49.8. The standard InChI is InChI=1S/C104H162N4O18S2/c1-10-13-16-19-22-25-28-31-34-37-40-43-46-49-54-78(6)69-87(99(113)105-65-52-66-106-127(120,121)93-72-85(89(109)74-91(93)124-8)97(111)80-61-57-76(4)58-62-80)96(102(116)117)83(56-51-48-45-42-39-36-33-30-27-24-21-18-15-12-3)71-88-95(82(70-84-79(7)103(118)126-104(84)119)55-50-47-44-41-38-35-32-29-26-23-20-17-14-11-2)101(115)108(100(88)114)68-53-67-107-128(122,123)94-73-86(90(110)75-92(94)125-9)98(112)81-63-59-77(5)60-64-81/h57-64,72-75,78-79,82-84,87-88,95-96,106-107,109-110H,10-56,65-71H2,1-9H3,(H,105,113)(H,116,117). The molecular weight excluding hydrogens is 1660 g/mol. The number of nitrogens with zero attached hydrogens (tertiary/aromatic N) is 1. The fourth-order valence-electron chi connectivity index (χ4n) is 19.0. The van der Waals surface area contributed by atoms with Crippen LogP contribution in [0.1, 0.15) is 399 Å². The van der Waals surface area contributed by atoms with E-state index in [0.29, 0.717) is 25.7 Å². The van der Waals surface area contributed by atoms with Gasteiger partial charge >= 0.3 is 17.9 Å². The van der Waals surface area contributed by atoms with E-state index in [-0.39, 0.29) is 104 Å². The van der Waals surface area contributed by atoms with E-state index in [1.807, 2.05) is 20.8 Å². The van der Waals surface area contributed by atoms with Gasteiger partial charge in [0, 0.05) is 49.4 Å². The molecule has 2 fully saturated rings. The fraction of sp³-hybridized carbons (Fsp3) is 0.692. The van der Waals surface area contributed by atoms with Gasteiger partial charge in [-0.3, -0.25) is 43.3 Å². The zero-order chi connectivity index (χ0) is 93.2. The van der Waals surface area contributed by atoms with E-state index < -0.39 is 136 Å². The number of ketones is 2. The van der Waals surface area contributed by atoms with Crippen LogP contribution < -0.4 is 24.2 Å². The third kappa shape index (κ3) is 37.3. The quantitative estimate of drug-likeness (QED) is 0.00786. The van der Waals surface area contributed by atoms with Crippen molar-refractivity contribution in [1.29, 1.82) is 0 Å². The second kappa shape index (κ2) is 60.5. The number of aliphatic carboxylic acids is 1. The van der Waals surface area contributed by atoms with E-state index in [1.165, 1.54) is 168 Å². The number of carboxylic acids is 1. The number of carbonyl (C=O) groups excluding carboxylic acids is 7. The zero-order valence-corrected chi connectivity index (χ0v) is 81.2. The Bertz CT molecular complexity index is 4230. The van der Waals surface area contributed by atoms with Crippen molar-refractivity contribution in [2.75, 3.05) is 40.4 Å². The lowest BCUT2D eigenvalue weighted by atomic mass is 9.67. The van der Waals surface area contributed by atoms with Crippen molar-refractivity contribution in [2.45, 2.75) is 379 Å². The number of aromatic hydroxyl groups is 2. The highest BCUT2D eigenvalue weighted by atomic mass is 32.2. The Kier molecular flexibility index (Phi) is 51.6. The summed E-state index contributed by atoms with van der Waals surface area (Å²) in [6.45, 7) is 13.1. The molecule has 9 atom stereocenters. The normalized spacial score (nSPS) is 16.6. The summed E-state index contributed by atoms with van der Waals surface area (Å²) in [7, 11) is -6.55. The van der Waals surface area contributed by atoms with Crippen LogP contribution in [0.2, 0.25) is 0 Å². The molecule has 0 aromatic heterocycles. The lowest BCUT2D eigenvalue weighted by Gasteiger charge is -2.35. The maximum atomic E-state index is 16.1. The SMILES string of the molecule is CCCCCCCCCCCCCCCCC(C)CC(C(=O)NCCCNS(=O)(=O)c1cc(C(=O)c2ccc(C)cc2)c(O)cc1OC)C(C(=O)O)C(CCCCCCCCCCCCCCCC)CC1C(=O)N(CCCNS(=O)(=O)c2cc(C(=O)c3ccc(C)cc3)c(O)cc2OC)C(=O)C1C(CCCCCCCCCCCCCCCC)CC1C(=O)OC(=O)C1C. The monoisotopic (exact) mass is 1820 g/mol. The number of unbranched alkanes of at least 4 members (excludes halogenated alkanes) is 39. The summed E-state index contributed by atoms with van der Waals surface area (Å²) in [6, 6.07) is 17.4. The van der Waals surface area contributed by atoms with Gasteiger partial charge in [-0.05, 0) is 88.7 Å². The number of phenolic OH excluding ortho intramolecular Hbond substituents is 2. The first-order chi connectivity index (χ1) is 61.6. The van der Waals surface area contributed by atoms with Crippen LogP contribution in [-0.2, 0) is 53.6 Å². The number of cyclic esters (lactones) is 2. The molecular formula is C104H162N4O18S2. The van der Waals surface area contributed by atoms with Gasteiger partial charge in [0.2, 0.25) is 37.8 Å². The van der Waals surface area contributed by atoms with Gasteiger partial charge < -0.3 is 34.8 Å². The highest BCUT2D eigenvalue weighted by Crippen LogP contribution is 2.47. The van der Waals surface area contributed by atoms with Crippen molar-refractivity contribution in [3.05, 3.63) is 106 Å². The Hall–Kier alpha value is -7.54. The Balaban J connectivity index is 1.36. The van der Waals surface area contributed by atoms with Crippen molar-refractivity contribution >= 4 is 67.2 Å². The third-order valence-corrected chi connectivity index (χ3v) is 29.8. The number of ether oxygens (including phenoxy) is 3. The number of esters is 2. The van der Waals surface area contributed by atoms with E-state index in [9.17, 15) is 56.1 Å². The summed E-state index contributed by atoms with van der Waals surface area (Å²) in [5.41, 5.74) is 1.65. The van der Waals surface area contributed by atoms with Gasteiger partial charge in [0.05, 0.1) is 60.9 Å². The smallest absolute Gasteiger partial charge is 0.317 e. The molecule has 6 rings (SSSR count). The molecule has 6 N–H and O–H groups in total. The van der Waals surface area contributed by atoms with E-state index in [2.05, 4.69) is 35.5 Å². The number of likely N-dealkylation sites (tertiary alicyclic amines) is 1. The second-order valence-corrected chi connectivity index (χ2v) is 40.7. The van der Waals surface area contributed by atoms with Crippen LogP contribution in [-0.4, -0.2) is 125 Å². The first-order valence-corrected chi connectivity index (χ1v) is 52.8. The van der Waals surface area contributed by atoms with Gasteiger partial charge in [0.25, 0.3) is 0 Å². The maximum absolute atomic E-state index is 16.1. The Labute approximate surface area is 769 Å². The minimum absolute atomic E-state index is 0.0159. The number of rotatable bonds is 74. The van der Waals surface area contributed by atoms with E-state index in [4.69, 9.17) is 14.2 Å². The van der Waals surface area contributed by atoms with Crippen molar-refractivity contribution in [3.63, 3.8) is 0 Å². The average molecular weight is 1820 g/mol. The van der Waals surface area contributed by atoms with Gasteiger partial charge in [0.15, 0.2) is 11.6 Å². The van der Waals surface area contributed by atoms with Crippen LogP contribution >= 0.6 is 0 Å². The number of imide groups is 1. The van der Waals surface area contributed by atoms with Crippen LogP contribution in [0, 0.1) is 67.1 Å². The topological polar surface area (TPSA) is 333 Å². The first kappa shape index (κ1) is 109. The number of amides is 3.